The first-order valence-electron chi connectivity index (χ1n) is 11.2. The number of aryl methyl sites for hydroxylation is 1. The largest absolute Gasteiger partial charge is 0.480 e. The van der Waals surface area contributed by atoms with E-state index in [1.165, 1.54) is 30.2 Å². The van der Waals surface area contributed by atoms with Crippen LogP contribution in [0.5, 0.6) is 5.75 Å². The number of ether oxygens (including phenoxy) is 2. The Balaban J connectivity index is 1.34. The quantitative estimate of drug-likeness (QED) is 0.0888. The summed E-state index contributed by atoms with van der Waals surface area (Å²) < 4.78 is 11.5. The number of esters is 1. The number of thiazole rings is 1. The van der Waals surface area contributed by atoms with Gasteiger partial charge >= 0.3 is 5.97 Å². The number of rotatable bonds is 9. The van der Waals surface area contributed by atoms with Crippen LogP contribution in [0, 0.1) is 10.5 Å². The summed E-state index contributed by atoms with van der Waals surface area (Å²) in [5.74, 6) is -0.282. The van der Waals surface area contributed by atoms with Crippen LogP contribution in [0.2, 0.25) is 0 Å². The molecule has 0 fully saturated rings. The Morgan fingerprint density at radius 2 is 1.87 bits per heavy atom. The summed E-state index contributed by atoms with van der Waals surface area (Å²) in [4.78, 5) is 28.5. The molecule has 4 aromatic rings. The SMILES string of the molecule is COC(=O)COc1c(Br)cc(/C=N\NC(=O)c2ccc(-c3csc(Nc4ccc(C)cc4)n3)cc2)cc1I. The van der Waals surface area contributed by atoms with Crippen LogP contribution in [-0.4, -0.2) is 36.8 Å². The molecule has 38 heavy (non-hydrogen) atoms. The zero-order chi connectivity index (χ0) is 27.1. The highest BCUT2D eigenvalue weighted by atomic mass is 127. The Morgan fingerprint density at radius 1 is 1.13 bits per heavy atom. The number of methoxy groups -OCH3 is 1. The second kappa shape index (κ2) is 13.0. The van der Waals surface area contributed by atoms with Crippen LogP contribution >= 0.6 is 49.9 Å². The van der Waals surface area contributed by atoms with Crippen LogP contribution < -0.4 is 15.5 Å². The molecule has 3 aromatic carbocycles. The van der Waals surface area contributed by atoms with E-state index in [0.717, 1.165) is 31.2 Å². The third kappa shape index (κ3) is 7.39. The van der Waals surface area contributed by atoms with Gasteiger partial charge in [-0.1, -0.05) is 29.8 Å². The fourth-order valence-electron chi connectivity index (χ4n) is 3.23. The molecular formula is C27H22BrIN4O4S. The van der Waals surface area contributed by atoms with Gasteiger partial charge in [-0.2, -0.15) is 5.10 Å². The Labute approximate surface area is 245 Å². The maximum atomic E-state index is 12.6. The lowest BCUT2D eigenvalue weighted by molar-refractivity contribution is -0.142. The van der Waals surface area contributed by atoms with Crippen molar-refractivity contribution in [2.24, 2.45) is 5.10 Å². The number of anilines is 2. The standard InChI is InChI=1S/C27H22BrIN4O4S/c1-16-3-9-20(10-4-16)31-27-32-23(15-38-27)18-5-7-19(8-6-18)26(35)33-30-13-17-11-21(28)25(22(29)12-17)37-14-24(34)36-2/h3-13,15H,14H2,1-2H3,(H,31,32)(H,33,35)/b30-13-. The Hall–Kier alpha value is -3.29. The van der Waals surface area contributed by atoms with Gasteiger partial charge in [-0.15, -0.1) is 11.3 Å². The smallest absolute Gasteiger partial charge is 0.343 e. The molecule has 8 nitrogen and oxygen atoms in total. The second-order valence-electron chi connectivity index (χ2n) is 7.98. The van der Waals surface area contributed by atoms with Crippen molar-refractivity contribution in [3.8, 4) is 17.0 Å². The van der Waals surface area contributed by atoms with Crippen molar-refractivity contribution >= 4 is 78.8 Å². The van der Waals surface area contributed by atoms with Crippen LogP contribution in [-0.2, 0) is 9.53 Å². The normalized spacial score (nSPS) is 10.8. The van der Waals surface area contributed by atoms with Crippen LogP contribution in [0.3, 0.4) is 0 Å². The monoisotopic (exact) mass is 704 g/mol. The van der Waals surface area contributed by atoms with Crippen molar-refractivity contribution in [2.75, 3.05) is 19.0 Å². The van der Waals surface area contributed by atoms with Crippen molar-refractivity contribution in [1.29, 1.82) is 0 Å². The fraction of sp³-hybridized carbons (Fsp3) is 0.111. The van der Waals surface area contributed by atoms with E-state index in [4.69, 9.17) is 4.74 Å². The number of nitrogens with zero attached hydrogens (tertiary/aromatic N) is 2. The highest BCUT2D eigenvalue weighted by Gasteiger charge is 2.12. The topological polar surface area (TPSA) is 102 Å². The third-order valence-electron chi connectivity index (χ3n) is 5.21. The van der Waals surface area contributed by atoms with E-state index < -0.39 is 5.97 Å². The molecule has 2 N–H and O–H groups in total. The Morgan fingerprint density at radius 3 is 2.55 bits per heavy atom. The molecule has 0 bridgehead atoms. The molecule has 0 spiro atoms. The van der Waals surface area contributed by atoms with Crippen LogP contribution in [0.4, 0.5) is 10.8 Å². The average molecular weight is 705 g/mol. The number of nitrogens with one attached hydrogen (secondary N) is 2. The number of halogens is 2. The van der Waals surface area contributed by atoms with Crippen molar-refractivity contribution in [3.05, 3.63) is 90.8 Å². The third-order valence-corrected chi connectivity index (χ3v) is 7.36. The van der Waals surface area contributed by atoms with E-state index in [2.05, 4.69) is 64.1 Å². The molecule has 1 aromatic heterocycles. The van der Waals surface area contributed by atoms with E-state index in [-0.39, 0.29) is 12.5 Å². The minimum Gasteiger partial charge on any atom is -0.480 e. The van der Waals surface area contributed by atoms with Crippen LogP contribution in [0.1, 0.15) is 21.5 Å². The summed E-state index contributed by atoms with van der Waals surface area (Å²) in [7, 11) is 1.30. The Kier molecular flexibility index (Phi) is 9.48. The molecule has 0 radical (unpaired) electrons. The molecule has 0 saturated heterocycles. The van der Waals surface area contributed by atoms with E-state index in [1.54, 1.807) is 18.2 Å². The van der Waals surface area contributed by atoms with E-state index in [1.807, 2.05) is 54.8 Å². The zero-order valence-electron chi connectivity index (χ0n) is 20.3. The summed E-state index contributed by atoms with van der Waals surface area (Å²) in [6.07, 6.45) is 1.53. The van der Waals surface area contributed by atoms with Crippen LogP contribution in [0.25, 0.3) is 11.3 Å². The number of carbonyl (C=O) groups is 2. The number of hydrogen-bond acceptors (Lipinski definition) is 8. The van der Waals surface area contributed by atoms with Crippen LogP contribution in [0.15, 0.2) is 75.6 Å². The zero-order valence-corrected chi connectivity index (χ0v) is 24.9. The molecule has 0 aliphatic carbocycles. The maximum Gasteiger partial charge on any atom is 0.343 e. The summed E-state index contributed by atoms with van der Waals surface area (Å²) >= 11 is 7.05. The van der Waals surface area contributed by atoms with Gasteiger partial charge < -0.3 is 14.8 Å². The van der Waals surface area contributed by atoms with Gasteiger partial charge in [-0.25, -0.2) is 15.2 Å². The number of amides is 1. The van der Waals surface area contributed by atoms with Gasteiger partial charge in [-0.05, 0) is 87.4 Å². The fourth-order valence-corrected chi connectivity index (χ4v) is 5.74. The Bertz CT molecular complexity index is 1450. The summed E-state index contributed by atoms with van der Waals surface area (Å²) in [5, 5.41) is 10.1. The van der Waals surface area contributed by atoms with Gasteiger partial charge in [0.25, 0.3) is 5.91 Å². The van der Waals surface area contributed by atoms with Gasteiger partial charge in [0.05, 0.1) is 27.1 Å². The predicted octanol–water partition coefficient (Wildman–Crippen LogP) is 6.54. The van der Waals surface area contributed by atoms with E-state index in [0.29, 0.717) is 15.8 Å². The molecule has 0 saturated carbocycles. The number of benzene rings is 3. The molecule has 0 unspecified atom stereocenters. The minimum atomic E-state index is -0.472. The van der Waals surface area contributed by atoms with Gasteiger partial charge in [0.1, 0.15) is 5.75 Å². The molecule has 4 rings (SSSR count). The minimum absolute atomic E-state index is 0.193. The highest BCUT2D eigenvalue weighted by molar-refractivity contribution is 14.1. The predicted molar refractivity (Wildman–Crippen MR) is 161 cm³/mol. The first-order valence-corrected chi connectivity index (χ1v) is 14.0. The van der Waals surface area contributed by atoms with Gasteiger partial charge in [0.2, 0.25) is 0 Å². The van der Waals surface area contributed by atoms with Gasteiger partial charge in [0.15, 0.2) is 11.7 Å². The highest BCUT2D eigenvalue weighted by Crippen LogP contribution is 2.32. The molecule has 0 atom stereocenters. The lowest BCUT2D eigenvalue weighted by atomic mass is 10.1. The average Bonchev–Trinajstić information content (AvgIpc) is 3.38. The first kappa shape index (κ1) is 27.7. The van der Waals surface area contributed by atoms with Crippen molar-refractivity contribution in [1.82, 2.24) is 10.4 Å². The lowest BCUT2D eigenvalue weighted by Crippen LogP contribution is -2.17. The number of hydrazone groups is 1. The summed E-state index contributed by atoms with van der Waals surface area (Å²) in [6, 6.07) is 18.9. The van der Waals surface area contributed by atoms with Crippen molar-refractivity contribution in [2.45, 2.75) is 6.92 Å². The van der Waals surface area contributed by atoms with Crippen molar-refractivity contribution in [3.63, 3.8) is 0 Å². The molecule has 1 amide bonds. The van der Waals surface area contributed by atoms with Crippen molar-refractivity contribution < 1.29 is 19.1 Å². The maximum absolute atomic E-state index is 12.6. The second-order valence-corrected chi connectivity index (χ2v) is 10.9. The molecular weight excluding hydrogens is 683 g/mol. The molecule has 0 aliphatic heterocycles. The molecule has 0 aliphatic rings. The lowest BCUT2D eigenvalue weighted by Gasteiger charge is -2.10. The number of carbonyl (C=O) groups excluding carboxylic acids is 2. The van der Waals surface area contributed by atoms with Gasteiger partial charge in [-0.3, -0.25) is 4.79 Å². The molecule has 194 valence electrons. The van der Waals surface area contributed by atoms with E-state index >= 15 is 0 Å². The molecule has 1 heterocycles. The summed E-state index contributed by atoms with van der Waals surface area (Å²) in [6.45, 7) is 1.86. The first-order chi connectivity index (χ1) is 18.3. The van der Waals surface area contributed by atoms with E-state index in [9.17, 15) is 9.59 Å². The molecule has 11 heteroatoms. The van der Waals surface area contributed by atoms with Gasteiger partial charge in [0, 0.05) is 22.2 Å². The summed E-state index contributed by atoms with van der Waals surface area (Å²) in [5.41, 5.74) is 7.67. The number of hydrogen-bond donors (Lipinski definition) is 2. The number of aromatic nitrogens is 1.